The molecule has 0 amide bonds. The van der Waals surface area contributed by atoms with Crippen LogP contribution in [0, 0.1) is 24.1 Å². The quantitative estimate of drug-likeness (QED) is 0.712. The van der Waals surface area contributed by atoms with E-state index in [0.717, 1.165) is 15.6 Å². The molecule has 0 aliphatic heterocycles. The van der Waals surface area contributed by atoms with Gasteiger partial charge >= 0.3 is 0 Å². The number of rotatable bonds is 5. The van der Waals surface area contributed by atoms with Crippen molar-refractivity contribution < 1.29 is 9.13 Å². The maximum atomic E-state index is 14.0. The number of aryl methyl sites for hydroxylation is 1. The van der Waals surface area contributed by atoms with E-state index >= 15 is 0 Å². The van der Waals surface area contributed by atoms with Gasteiger partial charge in [0.1, 0.15) is 22.2 Å². The molecule has 8 heteroatoms. The molecule has 0 unspecified atom stereocenters. The van der Waals surface area contributed by atoms with Crippen LogP contribution in [0.2, 0.25) is 0 Å². The summed E-state index contributed by atoms with van der Waals surface area (Å²) in [5.74, 6) is -0.432. The van der Waals surface area contributed by atoms with Gasteiger partial charge < -0.3 is 4.74 Å². The zero-order valence-corrected chi connectivity index (χ0v) is 14.0. The standard InChI is InChI=1S/C16H14FN5OS/c1-10-16(19-15(24-10)9-23-2)14-8-22(21-20-14)7-12-4-3-11(6-18)5-13(12)17/h3-5,8H,7,9H2,1-2H3. The Bertz CT molecular complexity index is 912. The van der Waals surface area contributed by atoms with Crippen LogP contribution < -0.4 is 0 Å². The molecule has 0 aliphatic rings. The van der Waals surface area contributed by atoms with Crippen molar-refractivity contribution in [2.45, 2.75) is 20.1 Å². The fourth-order valence-corrected chi connectivity index (χ4v) is 3.19. The van der Waals surface area contributed by atoms with Crippen LogP contribution in [0.5, 0.6) is 0 Å². The van der Waals surface area contributed by atoms with Crippen molar-refractivity contribution in [1.29, 1.82) is 5.26 Å². The molecule has 0 radical (unpaired) electrons. The van der Waals surface area contributed by atoms with Crippen LogP contribution in [0.3, 0.4) is 0 Å². The van der Waals surface area contributed by atoms with E-state index in [1.807, 2.05) is 13.0 Å². The highest BCUT2D eigenvalue weighted by Crippen LogP contribution is 2.26. The second-order valence-electron chi connectivity index (χ2n) is 5.16. The van der Waals surface area contributed by atoms with Crippen LogP contribution in [0.1, 0.15) is 21.0 Å². The lowest BCUT2D eigenvalue weighted by atomic mass is 10.1. The van der Waals surface area contributed by atoms with Crippen LogP contribution in [0.4, 0.5) is 4.39 Å². The van der Waals surface area contributed by atoms with Gasteiger partial charge in [0, 0.05) is 17.6 Å². The minimum absolute atomic E-state index is 0.235. The molecule has 24 heavy (non-hydrogen) atoms. The molecule has 3 rings (SSSR count). The first-order valence-electron chi connectivity index (χ1n) is 7.15. The molecule has 0 fully saturated rings. The number of halogens is 1. The summed E-state index contributed by atoms with van der Waals surface area (Å²) in [4.78, 5) is 5.52. The Morgan fingerprint density at radius 2 is 2.25 bits per heavy atom. The SMILES string of the molecule is COCc1nc(-c2cn(Cc3ccc(C#N)cc3F)nn2)c(C)s1. The number of thiazole rings is 1. The highest BCUT2D eigenvalue weighted by atomic mass is 32.1. The van der Waals surface area contributed by atoms with E-state index in [1.165, 1.54) is 6.07 Å². The molecule has 1 aromatic carbocycles. The van der Waals surface area contributed by atoms with Gasteiger partial charge in [-0.05, 0) is 19.1 Å². The summed E-state index contributed by atoms with van der Waals surface area (Å²) in [6.45, 7) is 2.65. The van der Waals surface area contributed by atoms with Crippen LogP contribution in [0.15, 0.2) is 24.4 Å². The topological polar surface area (TPSA) is 76.6 Å². The molecule has 0 bridgehead atoms. The molecule has 0 saturated carbocycles. The average molecular weight is 343 g/mol. The maximum Gasteiger partial charge on any atom is 0.132 e. The Balaban J connectivity index is 1.82. The Morgan fingerprint density at radius 3 is 2.96 bits per heavy atom. The van der Waals surface area contributed by atoms with Gasteiger partial charge in [-0.1, -0.05) is 11.3 Å². The molecule has 0 N–H and O–H groups in total. The lowest BCUT2D eigenvalue weighted by Gasteiger charge is -2.02. The summed E-state index contributed by atoms with van der Waals surface area (Å²) in [6.07, 6.45) is 1.73. The van der Waals surface area contributed by atoms with E-state index < -0.39 is 5.82 Å². The summed E-state index contributed by atoms with van der Waals surface area (Å²) in [6, 6.07) is 6.29. The second kappa shape index (κ2) is 6.86. The van der Waals surface area contributed by atoms with Crippen LogP contribution in [-0.2, 0) is 17.9 Å². The van der Waals surface area contributed by atoms with Crippen molar-refractivity contribution in [3.8, 4) is 17.5 Å². The van der Waals surface area contributed by atoms with Crippen LogP contribution in [-0.4, -0.2) is 27.1 Å². The molecule has 2 aromatic heterocycles. The normalized spacial score (nSPS) is 10.8. The fourth-order valence-electron chi connectivity index (χ4n) is 2.28. The van der Waals surface area contributed by atoms with Crippen molar-refractivity contribution in [2.75, 3.05) is 7.11 Å². The van der Waals surface area contributed by atoms with Crippen LogP contribution in [0.25, 0.3) is 11.4 Å². The summed E-state index contributed by atoms with van der Waals surface area (Å²) in [7, 11) is 1.62. The van der Waals surface area contributed by atoms with Gasteiger partial charge in [-0.3, -0.25) is 0 Å². The number of nitriles is 1. The Hall–Kier alpha value is -2.63. The van der Waals surface area contributed by atoms with Gasteiger partial charge in [0.15, 0.2) is 0 Å². The third kappa shape index (κ3) is 3.32. The predicted octanol–water partition coefficient (Wildman–Crippen LogP) is 2.92. The number of ether oxygens (including phenoxy) is 1. The van der Waals surface area contributed by atoms with Crippen molar-refractivity contribution in [2.24, 2.45) is 0 Å². The smallest absolute Gasteiger partial charge is 0.132 e. The Morgan fingerprint density at radius 1 is 1.42 bits per heavy atom. The van der Waals surface area contributed by atoms with Crippen molar-refractivity contribution in [3.05, 3.63) is 51.2 Å². The number of methoxy groups -OCH3 is 1. The Kier molecular flexibility index (Phi) is 4.64. The Labute approximate surface area is 142 Å². The molecule has 2 heterocycles. The van der Waals surface area contributed by atoms with Gasteiger partial charge in [0.2, 0.25) is 0 Å². The monoisotopic (exact) mass is 343 g/mol. The third-order valence-electron chi connectivity index (χ3n) is 3.40. The van der Waals surface area contributed by atoms with Gasteiger partial charge in [0.25, 0.3) is 0 Å². The fraction of sp³-hybridized carbons (Fsp3) is 0.250. The molecule has 0 atom stereocenters. The van der Waals surface area contributed by atoms with E-state index in [0.29, 0.717) is 23.4 Å². The number of hydrogen-bond donors (Lipinski definition) is 0. The minimum atomic E-state index is -0.432. The molecule has 0 saturated heterocycles. The van der Waals surface area contributed by atoms with Crippen molar-refractivity contribution in [1.82, 2.24) is 20.0 Å². The lowest BCUT2D eigenvalue weighted by molar-refractivity contribution is 0.184. The average Bonchev–Trinajstić information content (AvgIpc) is 3.16. The van der Waals surface area contributed by atoms with Gasteiger partial charge in [0.05, 0.1) is 31.0 Å². The number of aromatic nitrogens is 4. The molecular formula is C16H14FN5OS. The largest absolute Gasteiger partial charge is 0.378 e. The van der Waals surface area contributed by atoms with E-state index in [4.69, 9.17) is 10.00 Å². The molecule has 122 valence electrons. The first kappa shape index (κ1) is 16.2. The summed E-state index contributed by atoms with van der Waals surface area (Å²) < 4.78 is 20.6. The zero-order chi connectivity index (χ0) is 17.1. The first-order chi connectivity index (χ1) is 11.6. The van der Waals surface area contributed by atoms with E-state index in [9.17, 15) is 4.39 Å². The van der Waals surface area contributed by atoms with E-state index in [-0.39, 0.29) is 6.54 Å². The molecular weight excluding hydrogens is 329 g/mol. The van der Waals surface area contributed by atoms with Crippen molar-refractivity contribution >= 4 is 11.3 Å². The highest BCUT2D eigenvalue weighted by Gasteiger charge is 2.14. The number of benzene rings is 1. The summed E-state index contributed by atoms with van der Waals surface area (Å²) >= 11 is 1.55. The number of hydrogen-bond acceptors (Lipinski definition) is 6. The van der Waals surface area contributed by atoms with Crippen LogP contribution >= 0.6 is 11.3 Å². The summed E-state index contributed by atoms with van der Waals surface area (Å²) in [5.41, 5.74) is 2.14. The van der Waals surface area contributed by atoms with Gasteiger partial charge in [-0.2, -0.15) is 5.26 Å². The first-order valence-corrected chi connectivity index (χ1v) is 7.96. The van der Waals surface area contributed by atoms with Gasteiger partial charge in [-0.25, -0.2) is 14.1 Å². The molecule has 0 spiro atoms. The third-order valence-corrected chi connectivity index (χ3v) is 4.35. The highest BCUT2D eigenvalue weighted by molar-refractivity contribution is 7.12. The molecule has 0 aliphatic carbocycles. The predicted molar refractivity (Wildman–Crippen MR) is 86.8 cm³/mol. The maximum absolute atomic E-state index is 14.0. The molecule has 3 aromatic rings. The second-order valence-corrected chi connectivity index (χ2v) is 6.45. The van der Waals surface area contributed by atoms with E-state index in [1.54, 1.807) is 41.5 Å². The van der Waals surface area contributed by atoms with Crippen molar-refractivity contribution in [3.63, 3.8) is 0 Å². The molecule has 6 nitrogen and oxygen atoms in total. The lowest BCUT2D eigenvalue weighted by Crippen LogP contribution is -2.03. The number of nitrogens with zero attached hydrogens (tertiary/aromatic N) is 5. The minimum Gasteiger partial charge on any atom is -0.378 e. The zero-order valence-electron chi connectivity index (χ0n) is 13.2. The van der Waals surface area contributed by atoms with E-state index in [2.05, 4.69) is 15.3 Å². The van der Waals surface area contributed by atoms with Gasteiger partial charge in [-0.15, -0.1) is 16.4 Å². The summed E-state index contributed by atoms with van der Waals surface area (Å²) in [5, 5.41) is 17.8.